The van der Waals surface area contributed by atoms with Crippen LogP contribution in [0.1, 0.15) is 29.8 Å². The molecule has 1 aromatic carbocycles. The van der Waals surface area contributed by atoms with Crippen molar-refractivity contribution in [2.75, 3.05) is 27.2 Å². The highest BCUT2D eigenvalue weighted by Gasteiger charge is 2.23. The molecule has 0 N–H and O–H groups in total. The van der Waals surface area contributed by atoms with Crippen LogP contribution < -0.4 is 0 Å². The summed E-state index contributed by atoms with van der Waals surface area (Å²) in [5.74, 6) is -0.491. The van der Waals surface area contributed by atoms with Gasteiger partial charge in [-0.15, -0.1) is 0 Å². The topological polar surface area (TPSA) is 36.4 Å². The van der Waals surface area contributed by atoms with Crippen molar-refractivity contribution in [3.63, 3.8) is 0 Å². The van der Waals surface area contributed by atoms with Crippen molar-refractivity contribution in [3.05, 3.63) is 41.8 Å². The summed E-state index contributed by atoms with van der Waals surface area (Å²) in [6.07, 6.45) is 3.04. The molecule has 1 fully saturated rings. The van der Waals surface area contributed by atoms with Crippen molar-refractivity contribution in [1.82, 2.24) is 14.8 Å². The normalized spacial score (nSPS) is 19.1. The minimum Gasteiger partial charge on any atom is -0.337 e. The lowest BCUT2D eigenvalue weighted by molar-refractivity contribution is 0.0753. The minimum absolute atomic E-state index is 0.102. The Balaban J connectivity index is 1.81. The molecule has 5 heteroatoms. The maximum Gasteiger partial charge on any atom is 0.272 e. The zero-order valence-electron chi connectivity index (χ0n) is 13.6. The second-order valence-corrected chi connectivity index (χ2v) is 6.35. The molecule has 0 bridgehead atoms. The van der Waals surface area contributed by atoms with E-state index in [1.54, 1.807) is 24.3 Å². The molecule has 0 aliphatic carbocycles. The Kier molecular flexibility index (Phi) is 4.57. The van der Waals surface area contributed by atoms with Gasteiger partial charge in [-0.2, -0.15) is 0 Å². The van der Waals surface area contributed by atoms with E-state index >= 15 is 0 Å². The number of para-hydroxylation sites is 1. The monoisotopic (exact) mass is 315 g/mol. The van der Waals surface area contributed by atoms with Crippen molar-refractivity contribution in [1.29, 1.82) is 0 Å². The first-order valence-corrected chi connectivity index (χ1v) is 8.07. The molecule has 1 aliphatic rings. The molecule has 1 aromatic heterocycles. The van der Waals surface area contributed by atoms with E-state index < -0.39 is 0 Å². The van der Waals surface area contributed by atoms with E-state index in [1.807, 2.05) is 4.90 Å². The zero-order valence-corrected chi connectivity index (χ0v) is 13.6. The van der Waals surface area contributed by atoms with Gasteiger partial charge in [-0.25, -0.2) is 9.37 Å². The minimum atomic E-state index is -0.388. The number of amides is 1. The summed E-state index contributed by atoms with van der Waals surface area (Å²) in [4.78, 5) is 21.0. The Labute approximate surface area is 135 Å². The molecule has 1 aliphatic heterocycles. The maximum atomic E-state index is 13.9. The van der Waals surface area contributed by atoms with Crippen molar-refractivity contribution < 1.29 is 9.18 Å². The number of carbonyl (C=O) groups is 1. The Bertz CT molecular complexity index is 716. The number of fused-ring (bicyclic) bond motifs is 1. The van der Waals surface area contributed by atoms with Gasteiger partial charge in [0.1, 0.15) is 17.0 Å². The van der Waals surface area contributed by atoms with Crippen molar-refractivity contribution in [2.45, 2.75) is 25.3 Å². The molecule has 3 rings (SSSR count). The molecule has 2 heterocycles. The number of hydrogen-bond donors (Lipinski definition) is 0. The van der Waals surface area contributed by atoms with Crippen molar-refractivity contribution >= 4 is 16.8 Å². The van der Waals surface area contributed by atoms with Crippen LogP contribution in [0.4, 0.5) is 4.39 Å². The highest BCUT2D eigenvalue weighted by molar-refractivity contribution is 5.95. The summed E-state index contributed by atoms with van der Waals surface area (Å²) in [5, 5.41) is 0.713. The predicted octanol–water partition coefficient (Wildman–Crippen LogP) is 2.93. The lowest BCUT2D eigenvalue weighted by atomic mass is 10.1. The molecular weight excluding hydrogens is 293 g/mol. The summed E-state index contributed by atoms with van der Waals surface area (Å²) in [7, 11) is 4.16. The molecule has 122 valence electrons. The van der Waals surface area contributed by atoms with Gasteiger partial charge in [-0.3, -0.25) is 4.79 Å². The van der Waals surface area contributed by atoms with Crippen LogP contribution in [0.3, 0.4) is 0 Å². The van der Waals surface area contributed by atoms with Gasteiger partial charge in [-0.05, 0) is 45.5 Å². The van der Waals surface area contributed by atoms with Gasteiger partial charge in [-0.1, -0.05) is 18.2 Å². The number of halogens is 1. The first-order chi connectivity index (χ1) is 11.1. The summed E-state index contributed by atoms with van der Waals surface area (Å²) in [6, 6.07) is 8.79. The average molecular weight is 315 g/mol. The first kappa shape index (κ1) is 15.9. The van der Waals surface area contributed by atoms with Crippen LogP contribution in [0, 0.1) is 5.82 Å². The second-order valence-electron chi connectivity index (χ2n) is 6.35. The van der Waals surface area contributed by atoms with E-state index in [0.29, 0.717) is 17.1 Å². The van der Waals surface area contributed by atoms with E-state index in [9.17, 15) is 9.18 Å². The Morgan fingerprint density at radius 1 is 1.22 bits per heavy atom. The summed E-state index contributed by atoms with van der Waals surface area (Å²) < 4.78 is 13.9. The molecule has 23 heavy (non-hydrogen) atoms. The van der Waals surface area contributed by atoms with E-state index in [2.05, 4.69) is 24.0 Å². The average Bonchev–Trinajstić information content (AvgIpc) is 2.80. The Hall–Kier alpha value is -2.01. The molecule has 1 saturated heterocycles. The molecule has 4 nitrogen and oxygen atoms in total. The van der Waals surface area contributed by atoms with Gasteiger partial charge in [0, 0.05) is 24.5 Å². The van der Waals surface area contributed by atoms with Crippen molar-refractivity contribution in [2.24, 2.45) is 0 Å². The van der Waals surface area contributed by atoms with Gasteiger partial charge in [0.25, 0.3) is 5.91 Å². The fourth-order valence-electron chi connectivity index (χ4n) is 3.19. The van der Waals surface area contributed by atoms with Crippen LogP contribution >= 0.6 is 0 Å². The van der Waals surface area contributed by atoms with Crippen LogP contribution in [-0.4, -0.2) is 53.9 Å². The van der Waals surface area contributed by atoms with E-state index in [-0.39, 0.29) is 17.2 Å². The third-order valence-electron chi connectivity index (χ3n) is 4.61. The third-order valence-corrected chi connectivity index (χ3v) is 4.61. The number of hydrogen-bond acceptors (Lipinski definition) is 3. The zero-order chi connectivity index (χ0) is 16.4. The quantitative estimate of drug-likeness (QED) is 0.855. The smallest absolute Gasteiger partial charge is 0.272 e. The molecule has 0 unspecified atom stereocenters. The number of nitrogens with zero attached hydrogens (tertiary/aromatic N) is 3. The number of benzene rings is 1. The molecule has 0 radical (unpaired) electrons. The second kappa shape index (κ2) is 6.62. The fourth-order valence-corrected chi connectivity index (χ4v) is 3.19. The number of aromatic nitrogens is 1. The molecule has 0 spiro atoms. The van der Waals surface area contributed by atoms with Crippen molar-refractivity contribution in [3.8, 4) is 0 Å². The van der Waals surface area contributed by atoms with E-state index in [4.69, 9.17) is 0 Å². The van der Waals surface area contributed by atoms with Gasteiger partial charge in [0.05, 0.1) is 0 Å². The Morgan fingerprint density at radius 3 is 2.83 bits per heavy atom. The fraction of sp³-hybridized carbons (Fsp3) is 0.444. The highest BCUT2D eigenvalue weighted by Crippen LogP contribution is 2.19. The van der Waals surface area contributed by atoms with Crippen LogP contribution in [-0.2, 0) is 0 Å². The number of carbonyl (C=O) groups excluding carboxylic acids is 1. The lowest BCUT2D eigenvalue weighted by Gasteiger charge is -2.23. The van der Waals surface area contributed by atoms with Gasteiger partial charge < -0.3 is 9.80 Å². The van der Waals surface area contributed by atoms with Crippen LogP contribution in [0.25, 0.3) is 10.9 Å². The summed E-state index contributed by atoms with van der Waals surface area (Å²) in [6.45, 7) is 1.46. The lowest BCUT2D eigenvalue weighted by Crippen LogP contribution is -2.34. The first-order valence-electron chi connectivity index (χ1n) is 8.07. The predicted molar refractivity (Wildman–Crippen MR) is 88.9 cm³/mol. The van der Waals surface area contributed by atoms with Crippen LogP contribution in [0.2, 0.25) is 0 Å². The number of rotatable bonds is 2. The molecular formula is C18H22FN3O. The van der Waals surface area contributed by atoms with Gasteiger partial charge in [0.2, 0.25) is 0 Å². The molecule has 1 amide bonds. The summed E-state index contributed by atoms with van der Waals surface area (Å²) in [5.41, 5.74) is 0.588. The van der Waals surface area contributed by atoms with E-state index in [1.165, 1.54) is 6.07 Å². The van der Waals surface area contributed by atoms with Crippen LogP contribution in [0.5, 0.6) is 0 Å². The number of pyridine rings is 1. The van der Waals surface area contributed by atoms with Crippen LogP contribution in [0.15, 0.2) is 30.3 Å². The van der Waals surface area contributed by atoms with Gasteiger partial charge in [0.15, 0.2) is 0 Å². The Morgan fingerprint density at radius 2 is 2.04 bits per heavy atom. The molecule has 1 atom stereocenters. The molecule has 2 aromatic rings. The highest BCUT2D eigenvalue weighted by atomic mass is 19.1. The SMILES string of the molecule is CN(C)[C@H]1CCCN(C(=O)c2ccc3cccc(F)c3n2)CC1. The third kappa shape index (κ3) is 3.34. The summed E-state index contributed by atoms with van der Waals surface area (Å²) >= 11 is 0. The van der Waals surface area contributed by atoms with Gasteiger partial charge >= 0.3 is 0 Å². The number of likely N-dealkylation sites (tertiary alicyclic amines) is 1. The largest absolute Gasteiger partial charge is 0.337 e. The molecule has 0 saturated carbocycles. The maximum absolute atomic E-state index is 13.9. The standard InChI is InChI=1S/C18H22FN3O/c1-21(2)14-6-4-11-22(12-10-14)18(23)16-9-8-13-5-3-7-15(19)17(13)20-16/h3,5,7-9,14H,4,6,10-12H2,1-2H3/t14-/m0/s1. The van der Waals surface area contributed by atoms with E-state index in [0.717, 1.165) is 32.4 Å².